The molecule has 0 spiro atoms. The molecule has 0 bridgehead atoms. The van der Waals surface area contributed by atoms with Gasteiger partial charge in [-0.25, -0.2) is 0 Å². The van der Waals surface area contributed by atoms with Gasteiger partial charge in [0, 0.05) is 24.5 Å². The summed E-state index contributed by atoms with van der Waals surface area (Å²) in [5.41, 5.74) is -0.670. The Labute approximate surface area is 156 Å². The summed E-state index contributed by atoms with van der Waals surface area (Å²) in [7, 11) is 1.34. The number of carbonyl (C=O) groups is 1. The maximum atomic E-state index is 13.1. The van der Waals surface area contributed by atoms with Gasteiger partial charge in [-0.15, -0.1) is 0 Å². The number of anilines is 1. The SMILES string of the molecule is CCCCC(C)Oc1cccc(NC(=O)c2cn(C)nc2C(F)(F)F)c1C. The Morgan fingerprint density at radius 3 is 2.70 bits per heavy atom. The van der Waals surface area contributed by atoms with Crippen molar-refractivity contribution in [3.63, 3.8) is 0 Å². The van der Waals surface area contributed by atoms with E-state index in [4.69, 9.17) is 4.74 Å². The van der Waals surface area contributed by atoms with E-state index in [2.05, 4.69) is 17.3 Å². The Balaban J connectivity index is 2.21. The molecule has 0 radical (unpaired) electrons. The molecule has 1 atom stereocenters. The van der Waals surface area contributed by atoms with E-state index in [1.54, 1.807) is 25.1 Å². The number of hydrogen-bond donors (Lipinski definition) is 1. The van der Waals surface area contributed by atoms with Crippen LogP contribution >= 0.6 is 0 Å². The largest absolute Gasteiger partial charge is 0.490 e. The predicted molar refractivity (Wildman–Crippen MR) is 97.0 cm³/mol. The van der Waals surface area contributed by atoms with Gasteiger partial charge in [0.2, 0.25) is 0 Å². The lowest BCUT2D eigenvalue weighted by molar-refractivity contribution is -0.141. The third-order valence-corrected chi connectivity index (χ3v) is 4.17. The van der Waals surface area contributed by atoms with E-state index in [0.29, 0.717) is 17.0 Å². The summed E-state index contributed by atoms with van der Waals surface area (Å²) in [4.78, 5) is 12.4. The minimum atomic E-state index is -4.71. The van der Waals surface area contributed by atoms with E-state index in [-0.39, 0.29) is 6.10 Å². The molecule has 0 aliphatic carbocycles. The quantitative estimate of drug-likeness (QED) is 0.735. The van der Waals surface area contributed by atoms with Crippen LogP contribution in [0.15, 0.2) is 24.4 Å². The summed E-state index contributed by atoms with van der Waals surface area (Å²) in [6.45, 7) is 5.82. The highest BCUT2D eigenvalue weighted by Gasteiger charge is 2.39. The Bertz CT molecular complexity index is 800. The zero-order chi connectivity index (χ0) is 20.2. The highest BCUT2D eigenvalue weighted by Crippen LogP contribution is 2.32. The summed E-state index contributed by atoms with van der Waals surface area (Å²) in [5, 5.41) is 5.90. The van der Waals surface area contributed by atoms with E-state index in [1.165, 1.54) is 7.05 Å². The summed E-state index contributed by atoms with van der Waals surface area (Å²) in [6, 6.07) is 5.09. The molecule has 1 heterocycles. The third kappa shape index (κ3) is 5.24. The number of aryl methyl sites for hydroxylation is 1. The van der Waals surface area contributed by atoms with Gasteiger partial charge >= 0.3 is 6.18 Å². The molecule has 8 heteroatoms. The second-order valence-corrected chi connectivity index (χ2v) is 6.52. The normalized spacial score (nSPS) is 12.7. The second-order valence-electron chi connectivity index (χ2n) is 6.52. The number of nitrogens with one attached hydrogen (secondary N) is 1. The third-order valence-electron chi connectivity index (χ3n) is 4.17. The van der Waals surface area contributed by atoms with E-state index >= 15 is 0 Å². The topological polar surface area (TPSA) is 56.1 Å². The molecule has 1 aromatic heterocycles. The molecule has 0 aliphatic heterocycles. The first-order valence-electron chi connectivity index (χ1n) is 8.82. The first kappa shape index (κ1) is 20.8. The molecule has 148 valence electrons. The predicted octanol–water partition coefficient (Wildman–Crippen LogP) is 4.96. The van der Waals surface area contributed by atoms with Crippen molar-refractivity contribution in [2.24, 2.45) is 7.05 Å². The average molecular weight is 383 g/mol. The van der Waals surface area contributed by atoms with Gasteiger partial charge in [-0.1, -0.05) is 25.8 Å². The lowest BCUT2D eigenvalue weighted by Crippen LogP contribution is -2.18. The Hall–Kier alpha value is -2.51. The maximum absolute atomic E-state index is 13.1. The van der Waals surface area contributed by atoms with Crippen LogP contribution in [0.4, 0.5) is 18.9 Å². The highest BCUT2D eigenvalue weighted by atomic mass is 19.4. The van der Waals surface area contributed by atoms with Gasteiger partial charge in [-0.3, -0.25) is 9.48 Å². The van der Waals surface area contributed by atoms with Crippen LogP contribution in [0.1, 0.15) is 54.7 Å². The molecule has 1 unspecified atom stereocenters. The van der Waals surface area contributed by atoms with Crippen LogP contribution in [0.2, 0.25) is 0 Å². The molecular formula is C19H24F3N3O2. The van der Waals surface area contributed by atoms with Crippen LogP contribution in [-0.2, 0) is 13.2 Å². The standard InChI is InChI=1S/C19H24F3N3O2/c1-5-6-8-12(2)27-16-10-7-9-15(13(16)3)23-18(26)14-11-25(4)24-17(14)19(20,21)22/h7,9-12H,5-6,8H2,1-4H3,(H,23,26). The van der Waals surface area contributed by atoms with Crippen molar-refractivity contribution in [3.8, 4) is 5.75 Å². The van der Waals surface area contributed by atoms with Crippen LogP contribution in [-0.4, -0.2) is 21.8 Å². The molecule has 2 aromatic rings. The van der Waals surface area contributed by atoms with Gasteiger partial charge in [-0.2, -0.15) is 18.3 Å². The summed E-state index contributed by atoms with van der Waals surface area (Å²) in [6.07, 6.45) is -0.641. The van der Waals surface area contributed by atoms with Crippen LogP contribution in [0, 0.1) is 6.92 Å². The minimum absolute atomic E-state index is 0.00440. The van der Waals surface area contributed by atoms with Crippen LogP contribution in [0.5, 0.6) is 5.75 Å². The molecular weight excluding hydrogens is 359 g/mol. The number of halogens is 3. The Kier molecular flexibility index (Phi) is 6.51. The molecule has 1 amide bonds. The van der Waals surface area contributed by atoms with E-state index in [0.717, 1.165) is 30.1 Å². The van der Waals surface area contributed by atoms with Crippen molar-refractivity contribution in [2.45, 2.75) is 52.3 Å². The number of nitrogens with zero attached hydrogens (tertiary/aromatic N) is 2. The molecule has 0 saturated carbocycles. The van der Waals surface area contributed by atoms with Crippen molar-refractivity contribution in [1.29, 1.82) is 0 Å². The first-order valence-corrected chi connectivity index (χ1v) is 8.82. The number of ether oxygens (including phenoxy) is 1. The van der Waals surface area contributed by atoms with Crippen molar-refractivity contribution in [2.75, 3.05) is 5.32 Å². The Morgan fingerprint density at radius 1 is 1.37 bits per heavy atom. The number of benzene rings is 1. The molecule has 0 saturated heterocycles. The summed E-state index contributed by atoms with van der Waals surface area (Å²) in [5.74, 6) is -0.270. The number of hydrogen-bond acceptors (Lipinski definition) is 3. The fraction of sp³-hybridized carbons (Fsp3) is 0.474. The lowest BCUT2D eigenvalue weighted by Gasteiger charge is -2.18. The van der Waals surface area contributed by atoms with E-state index in [1.807, 2.05) is 6.92 Å². The van der Waals surface area contributed by atoms with Crippen LogP contribution in [0.3, 0.4) is 0 Å². The molecule has 0 aliphatic rings. The molecule has 1 N–H and O–H groups in total. The summed E-state index contributed by atoms with van der Waals surface area (Å²) >= 11 is 0. The van der Waals surface area contributed by atoms with Gasteiger partial charge in [0.15, 0.2) is 5.69 Å². The number of rotatable bonds is 7. The van der Waals surface area contributed by atoms with Gasteiger partial charge in [0.25, 0.3) is 5.91 Å². The highest BCUT2D eigenvalue weighted by molar-refractivity contribution is 6.05. The zero-order valence-corrected chi connectivity index (χ0v) is 15.9. The van der Waals surface area contributed by atoms with E-state index < -0.39 is 23.3 Å². The number of carbonyl (C=O) groups excluding carboxylic acids is 1. The minimum Gasteiger partial charge on any atom is -0.490 e. The van der Waals surface area contributed by atoms with Crippen molar-refractivity contribution in [3.05, 3.63) is 41.2 Å². The van der Waals surface area contributed by atoms with Crippen molar-refractivity contribution < 1.29 is 22.7 Å². The molecule has 1 aromatic carbocycles. The number of aromatic nitrogens is 2. The molecule has 0 fully saturated rings. The first-order chi connectivity index (χ1) is 12.6. The van der Waals surface area contributed by atoms with Gasteiger partial charge in [0.1, 0.15) is 5.75 Å². The smallest absolute Gasteiger partial charge is 0.435 e. The number of alkyl halides is 3. The van der Waals surface area contributed by atoms with Crippen molar-refractivity contribution >= 4 is 11.6 Å². The maximum Gasteiger partial charge on any atom is 0.435 e. The van der Waals surface area contributed by atoms with Crippen LogP contribution in [0.25, 0.3) is 0 Å². The van der Waals surface area contributed by atoms with Crippen LogP contribution < -0.4 is 10.1 Å². The monoisotopic (exact) mass is 383 g/mol. The van der Waals surface area contributed by atoms with Crippen molar-refractivity contribution in [1.82, 2.24) is 9.78 Å². The molecule has 2 rings (SSSR count). The Morgan fingerprint density at radius 2 is 2.07 bits per heavy atom. The average Bonchev–Trinajstić information content (AvgIpc) is 2.99. The van der Waals surface area contributed by atoms with Gasteiger partial charge in [-0.05, 0) is 32.4 Å². The van der Waals surface area contributed by atoms with E-state index in [9.17, 15) is 18.0 Å². The molecule has 5 nitrogen and oxygen atoms in total. The zero-order valence-electron chi connectivity index (χ0n) is 15.9. The number of unbranched alkanes of at least 4 members (excludes halogenated alkanes) is 1. The summed E-state index contributed by atoms with van der Waals surface area (Å²) < 4.78 is 46.1. The fourth-order valence-corrected chi connectivity index (χ4v) is 2.70. The van der Waals surface area contributed by atoms with Gasteiger partial charge in [0.05, 0.1) is 11.7 Å². The van der Waals surface area contributed by atoms with Gasteiger partial charge < -0.3 is 10.1 Å². The lowest BCUT2D eigenvalue weighted by atomic mass is 10.1. The molecule has 27 heavy (non-hydrogen) atoms. The fourth-order valence-electron chi connectivity index (χ4n) is 2.70. The number of amides is 1. The second kappa shape index (κ2) is 8.45.